The number of fused-ring (bicyclic) bond motifs is 1. The zero-order chi connectivity index (χ0) is 13.7. The number of hydrogen-bond donors (Lipinski definition) is 2. The average molecular weight is 376 g/mol. The fraction of sp³-hybridized carbons (Fsp3) is 0.933. The number of rotatable bonds is 0. The molecule has 19 heavy (non-hydrogen) atoms. The minimum Gasteiger partial charge on any atom is -0.317 e. The van der Waals surface area contributed by atoms with Crippen LogP contribution in [0.1, 0.15) is 52.4 Å². The van der Waals surface area contributed by atoms with E-state index in [0.717, 1.165) is 45.2 Å². The molecule has 2 N–H and O–H groups in total. The Morgan fingerprint density at radius 2 is 1.89 bits per heavy atom. The number of hydrogen-bond acceptors (Lipinski definition) is 3. The highest BCUT2D eigenvalue weighted by Crippen LogP contribution is 2.52. The lowest BCUT2D eigenvalue weighted by Crippen LogP contribution is -2.74. The summed E-state index contributed by atoms with van der Waals surface area (Å²) in [7, 11) is 0. The number of carbonyl (C=O) groups is 1. The van der Waals surface area contributed by atoms with Gasteiger partial charge in [0.15, 0.2) is 0 Å². The van der Waals surface area contributed by atoms with Crippen molar-refractivity contribution in [3.63, 3.8) is 0 Å². The van der Waals surface area contributed by atoms with Gasteiger partial charge in [0, 0.05) is 26.8 Å². The highest BCUT2D eigenvalue weighted by atomic mass is 127. The van der Waals surface area contributed by atoms with Gasteiger partial charge in [0.1, 0.15) is 5.78 Å². The molecule has 1 aliphatic carbocycles. The summed E-state index contributed by atoms with van der Waals surface area (Å²) in [6.07, 6.45) is 6.35. The van der Waals surface area contributed by atoms with Crippen LogP contribution in [-0.2, 0) is 4.79 Å². The minimum absolute atomic E-state index is 0.00133. The Kier molecular flexibility index (Phi) is 3.50. The molecule has 4 heteroatoms. The Morgan fingerprint density at radius 1 is 1.21 bits per heavy atom. The molecule has 0 aromatic carbocycles. The molecule has 3 nitrogen and oxygen atoms in total. The molecule has 1 spiro atoms. The Bertz CT molecular complexity index is 394. The second-order valence-corrected chi connectivity index (χ2v) is 9.02. The normalized spacial score (nSPS) is 46.1. The van der Waals surface area contributed by atoms with E-state index in [1.165, 1.54) is 6.42 Å². The standard InChI is InChI=1S/C15H25IN2O/c1-13-9-11(16)3-4-14(13,2)18-15(10-12(13)19)5-7-17-8-6-15/h11,17-18H,3-10H2,1-2H3/t11?,13-,14?/m0/s1. The Labute approximate surface area is 129 Å². The smallest absolute Gasteiger partial charge is 0.142 e. The third-order valence-corrected chi connectivity index (χ3v) is 7.08. The van der Waals surface area contributed by atoms with Gasteiger partial charge in [-0.2, -0.15) is 0 Å². The molecule has 108 valence electrons. The lowest BCUT2D eigenvalue weighted by Gasteiger charge is -2.60. The van der Waals surface area contributed by atoms with Crippen molar-refractivity contribution < 1.29 is 4.79 Å². The number of carbonyl (C=O) groups excluding carboxylic acids is 1. The third-order valence-electron chi connectivity index (χ3n) is 6.02. The van der Waals surface area contributed by atoms with Crippen LogP contribution in [-0.4, -0.2) is 33.9 Å². The summed E-state index contributed by atoms with van der Waals surface area (Å²) in [6, 6.07) is 0. The van der Waals surface area contributed by atoms with Crippen LogP contribution in [0, 0.1) is 5.41 Å². The van der Waals surface area contributed by atoms with Crippen molar-refractivity contribution in [1.82, 2.24) is 10.6 Å². The van der Waals surface area contributed by atoms with Gasteiger partial charge >= 0.3 is 0 Å². The molecule has 2 unspecified atom stereocenters. The lowest BCUT2D eigenvalue weighted by molar-refractivity contribution is -0.145. The molecular weight excluding hydrogens is 351 g/mol. The average Bonchev–Trinajstić information content (AvgIpc) is 2.34. The van der Waals surface area contributed by atoms with Crippen LogP contribution in [0.4, 0.5) is 0 Å². The molecule has 0 amide bonds. The van der Waals surface area contributed by atoms with E-state index < -0.39 is 0 Å². The topological polar surface area (TPSA) is 41.1 Å². The maximum atomic E-state index is 12.9. The Morgan fingerprint density at radius 3 is 2.58 bits per heavy atom. The van der Waals surface area contributed by atoms with Crippen LogP contribution in [0.5, 0.6) is 0 Å². The number of halogens is 1. The van der Waals surface area contributed by atoms with Crippen LogP contribution in [0.3, 0.4) is 0 Å². The Balaban J connectivity index is 1.91. The maximum absolute atomic E-state index is 12.9. The summed E-state index contributed by atoms with van der Waals surface area (Å²) in [5.41, 5.74) is -0.0801. The summed E-state index contributed by atoms with van der Waals surface area (Å²) in [4.78, 5) is 12.9. The molecule has 3 atom stereocenters. The van der Waals surface area contributed by atoms with Crippen LogP contribution < -0.4 is 10.6 Å². The van der Waals surface area contributed by atoms with Gasteiger partial charge in [-0.3, -0.25) is 4.79 Å². The molecule has 1 saturated carbocycles. The number of nitrogens with one attached hydrogen (secondary N) is 2. The first-order valence-electron chi connectivity index (χ1n) is 7.57. The summed E-state index contributed by atoms with van der Waals surface area (Å²) in [6.45, 7) is 6.60. The number of Topliss-reactive ketones (excluding diaryl/α,β-unsaturated/α-hetero) is 1. The molecule has 2 heterocycles. The largest absolute Gasteiger partial charge is 0.317 e. The lowest BCUT2D eigenvalue weighted by atomic mass is 9.55. The highest BCUT2D eigenvalue weighted by Gasteiger charge is 2.59. The zero-order valence-electron chi connectivity index (χ0n) is 12.0. The Hall–Kier alpha value is 0.320. The van der Waals surface area contributed by atoms with Crippen molar-refractivity contribution in [2.75, 3.05) is 13.1 Å². The zero-order valence-corrected chi connectivity index (χ0v) is 14.2. The van der Waals surface area contributed by atoms with Crippen molar-refractivity contribution in [2.24, 2.45) is 5.41 Å². The summed E-state index contributed by atoms with van der Waals surface area (Å²) in [5, 5.41) is 7.39. The van der Waals surface area contributed by atoms with E-state index in [-0.39, 0.29) is 16.5 Å². The molecule has 0 radical (unpaired) electrons. The van der Waals surface area contributed by atoms with Gasteiger partial charge in [0.25, 0.3) is 0 Å². The van der Waals surface area contributed by atoms with Crippen LogP contribution in [0.2, 0.25) is 0 Å². The second kappa shape index (κ2) is 4.67. The van der Waals surface area contributed by atoms with Crippen LogP contribution >= 0.6 is 22.6 Å². The van der Waals surface area contributed by atoms with Gasteiger partial charge in [-0.25, -0.2) is 0 Å². The first kappa shape index (κ1) is 14.3. The summed E-state index contributed by atoms with van der Waals surface area (Å²) >= 11 is 2.53. The van der Waals surface area contributed by atoms with Gasteiger partial charge in [-0.15, -0.1) is 0 Å². The van der Waals surface area contributed by atoms with Crippen molar-refractivity contribution in [3.05, 3.63) is 0 Å². The van der Waals surface area contributed by atoms with E-state index in [9.17, 15) is 4.79 Å². The molecule has 3 rings (SSSR count). The van der Waals surface area contributed by atoms with Crippen molar-refractivity contribution in [1.29, 1.82) is 0 Å². The third kappa shape index (κ3) is 2.18. The fourth-order valence-corrected chi connectivity index (χ4v) is 5.64. The van der Waals surface area contributed by atoms with E-state index in [2.05, 4.69) is 47.1 Å². The number of ketones is 1. The van der Waals surface area contributed by atoms with Crippen molar-refractivity contribution >= 4 is 28.4 Å². The molecule has 0 bridgehead atoms. The predicted octanol–water partition coefficient (Wildman–Crippen LogP) is 2.42. The van der Waals surface area contributed by atoms with E-state index in [4.69, 9.17) is 0 Å². The molecular formula is C15H25IN2O. The minimum atomic E-state index is -0.159. The SMILES string of the molecule is CC12CCC(I)C[C@@]1(C)C(=O)CC1(CCNCC1)N2. The van der Waals surface area contributed by atoms with Crippen LogP contribution in [0.25, 0.3) is 0 Å². The quantitative estimate of drug-likeness (QED) is 0.504. The fourth-order valence-electron chi connectivity index (χ4n) is 4.45. The monoisotopic (exact) mass is 376 g/mol. The molecule has 2 saturated heterocycles. The summed E-state index contributed by atoms with van der Waals surface area (Å²) in [5.74, 6) is 0.511. The maximum Gasteiger partial charge on any atom is 0.142 e. The highest BCUT2D eigenvalue weighted by molar-refractivity contribution is 14.1. The van der Waals surface area contributed by atoms with Gasteiger partial charge < -0.3 is 10.6 Å². The predicted molar refractivity (Wildman–Crippen MR) is 85.8 cm³/mol. The first-order valence-corrected chi connectivity index (χ1v) is 8.81. The van der Waals surface area contributed by atoms with E-state index in [0.29, 0.717) is 9.71 Å². The number of alkyl halides is 1. The first-order chi connectivity index (χ1) is 8.89. The molecule has 0 aromatic rings. The van der Waals surface area contributed by atoms with E-state index in [1.54, 1.807) is 0 Å². The van der Waals surface area contributed by atoms with Gasteiger partial charge in [-0.1, -0.05) is 29.5 Å². The van der Waals surface area contributed by atoms with Crippen LogP contribution in [0.15, 0.2) is 0 Å². The summed E-state index contributed by atoms with van der Waals surface area (Å²) < 4.78 is 0.656. The molecule has 0 aromatic heterocycles. The van der Waals surface area contributed by atoms with E-state index in [1.807, 2.05) is 0 Å². The molecule has 3 aliphatic rings. The second-order valence-electron chi connectivity index (χ2n) is 7.26. The van der Waals surface area contributed by atoms with E-state index >= 15 is 0 Å². The van der Waals surface area contributed by atoms with Gasteiger partial charge in [-0.05, 0) is 52.1 Å². The molecule has 2 aliphatic heterocycles. The molecule has 3 fully saturated rings. The number of piperidine rings is 2. The van der Waals surface area contributed by atoms with Gasteiger partial charge in [0.2, 0.25) is 0 Å². The van der Waals surface area contributed by atoms with Crippen molar-refractivity contribution in [2.45, 2.75) is 67.4 Å². The van der Waals surface area contributed by atoms with Gasteiger partial charge in [0.05, 0.1) is 0 Å². The van der Waals surface area contributed by atoms with Crippen molar-refractivity contribution in [3.8, 4) is 0 Å².